The Hall–Kier alpha value is -3.28. The molecule has 0 spiro atoms. The van der Waals surface area contributed by atoms with Crippen LogP contribution in [0.5, 0.6) is 11.5 Å². The number of carbonyl (C=O) groups excluding carboxylic acids is 1. The van der Waals surface area contributed by atoms with Crippen molar-refractivity contribution in [1.29, 1.82) is 0 Å². The fourth-order valence-electron chi connectivity index (χ4n) is 4.40. The number of carbonyl (C=O) groups is 1. The standard InChI is InChI=1S/C26H31N3O3/c1-4-9-19-12-13-23(24(16-19)31-3)32-15-8-14-29-22-11-7-6-10-21(22)27-26(29)20-17-25(30)28(5-2)18-20/h4,6-7,9-13,16,20H,5,8,14-15,17-18H2,1-3H3/b9-4+. The minimum absolute atomic E-state index is 0.134. The minimum atomic E-state index is 0.134. The van der Waals surface area contributed by atoms with Gasteiger partial charge in [-0.25, -0.2) is 4.98 Å². The van der Waals surface area contributed by atoms with Crippen molar-refractivity contribution in [2.75, 3.05) is 26.8 Å². The van der Waals surface area contributed by atoms with E-state index in [1.807, 2.05) is 67.3 Å². The fourth-order valence-corrected chi connectivity index (χ4v) is 4.40. The number of nitrogens with zero attached hydrogens (tertiary/aromatic N) is 3. The molecule has 1 unspecified atom stereocenters. The molecule has 0 radical (unpaired) electrons. The largest absolute Gasteiger partial charge is 0.493 e. The van der Waals surface area contributed by atoms with E-state index in [4.69, 9.17) is 14.5 Å². The lowest BCUT2D eigenvalue weighted by atomic mass is 10.1. The molecule has 2 heterocycles. The molecule has 32 heavy (non-hydrogen) atoms. The Balaban J connectivity index is 1.47. The van der Waals surface area contributed by atoms with Crippen LogP contribution in [0.1, 0.15) is 44.0 Å². The van der Waals surface area contributed by atoms with Crippen molar-refractivity contribution in [1.82, 2.24) is 14.5 Å². The monoisotopic (exact) mass is 433 g/mol. The summed E-state index contributed by atoms with van der Waals surface area (Å²) in [6.45, 7) is 6.86. The molecule has 1 aliphatic rings. The van der Waals surface area contributed by atoms with Crippen LogP contribution in [0.25, 0.3) is 17.1 Å². The number of hydrogen-bond acceptors (Lipinski definition) is 4. The van der Waals surface area contributed by atoms with E-state index in [0.29, 0.717) is 13.0 Å². The van der Waals surface area contributed by atoms with Gasteiger partial charge < -0.3 is 18.9 Å². The van der Waals surface area contributed by atoms with Gasteiger partial charge in [-0.05, 0) is 50.1 Å². The number of rotatable bonds is 9. The highest BCUT2D eigenvalue weighted by atomic mass is 16.5. The maximum absolute atomic E-state index is 12.3. The number of amides is 1. The minimum Gasteiger partial charge on any atom is -0.493 e. The van der Waals surface area contributed by atoms with Gasteiger partial charge in [-0.3, -0.25) is 4.79 Å². The lowest BCUT2D eigenvalue weighted by Crippen LogP contribution is -2.24. The number of para-hydroxylation sites is 2. The van der Waals surface area contributed by atoms with E-state index in [2.05, 4.69) is 10.6 Å². The molecule has 6 heteroatoms. The van der Waals surface area contributed by atoms with Crippen LogP contribution in [0.3, 0.4) is 0 Å². The summed E-state index contributed by atoms with van der Waals surface area (Å²) in [5.74, 6) is 2.83. The molecule has 1 aliphatic heterocycles. The zero-order valence-electron chi connectivity index (χ0n) is 19.1. The Morgan fingerprint density at radius 3 is 2.78 bits per heavy atom. The highest BCUT2D eigenvalue weighted by molar-refractivity contribution is 5.80. The Morgan fingerprint density at radius 2 is 2.03 bits per heavy atom. The summed E-state index contributed by atoms with van der Waals surface area (Å²) in [5.41, 5.74) is 3.17. The van der Waals surface area contributed by atoms with Crippen molar-refractivity contribution < 1.29 is 14.3 Å². The van der Waals surface area contributed by atoms with Crippen LogP contribution in [-0.2, 0) is 11.3 Å². The molecule has 3 aromatic rings. The summed E-state index contributed by atoms with van der Waals surface area (Å²) >= 11 is 0. The molecular formula is C26H31N3O3. The molecule has 1 atom stereocenters. The summed E-state index contributed by atoms with van der Waals surface area (Å²) in [6, 6.07) is 14.1. The van der Waals surface area contributed by atoms with Crippen LogP contribution in [0.2, 0.25) is 0 Å². The molecule has 0 saturated carbocycles. The Labute approximate surface area is 189 Å². The summed E-state index contributed by atoms with van der Waals surface area (Å²) in [5, 5.41) is 0. The van der Waals surface area contributed by atoms with Gasteiger partial charge in [0.25, 0.3) is 0 Å². The van der Waals surface area contributed by atoms with Crippen LogP contribution >= 0.6 is 0 Å². The van der Waals surface area contributed by atoms with Gasteiger partial charge in [0.1, 0.15) is 5.82 Å². The normalized spacial score (nSPS) is 16.4. The fraction of sp³-hybridized carbons (Fsp3) is 0.385. The quantitative estimate of drug-likeness (QED) is 0.451. The van der Waals surface area contributed by atoms with Crippen molar-refractivity contribution in [3.8, 4) is 11.5 Å². The van der Waals surface area contributed by atoms with Crippen LogP contribution in [0.4, 0.5) is 0 Å². The average molecular weight is 434 g/mol. The molecule has 6 nitrogen and oxygen atoms in total. The van der Waals surface area contributed by atoms with E-state index in [0.717, 1.165) is 60.0 Å². The third-order valence-electron chi connectivity index (χ3n) is 5.98. The number of likely N-dealkylation sites (tertiary alicyclic amines) is 1. The average Bonchev–Trinajstić information content (AvgIpc) is 3.37. The van der Waals surface area contributed by atoms with Crippen molar-refractivity contribution in [3.63, 3.8) is 0 Å². The molecule has 1 amide bonds. The van der Waals surface area contributed by atoms with E-state index in [9.17, 15) is 4.79 Å². The molecule has 1 aromatic heterocycles. The smallest absolute Gasteiger partial charge is 0.223 e. The van der Waals surface area contributed by atoms with Gasteiger partial charge in [-0.15, -0.1) is 0 Å². The highest BCUT2D eigenvalue weighted by Gasteiger charge is 2.33. The van der Waals surface area contributed by atoms with E-state index >= 15 is 0 Å². The van der Waals surface area contributed by atoms with Gasteiger partial charge in [0.2, 0.25) is 5.91 Å². The van der Waals surface area contributed by atoms with Crippen LogP contribution < -0.4 is 9.47 Å². The third kappa shape index (κ3) is 4.49. The van der Waals surface area contributed by atoms with Crippen LogP contribution in [-0.4, -0.2) is 47.2 Å². The van der Waals surface area contributed by atoms with E-state index in [-0.39, 0.29) is 11.8 Å². The first kappa shape index (κ1) is 21.9. The first-order valence-electron chi connectivity index (χ1n) is 11.3. The number of likely N-dealkylation sites (N-methyl/N-ethyl adjacent to an activating group) is 1. The molecule has 0 aliphatic carbocycles. The number of methoxy groups -OCH3 is 1. The summed E-state index contributed by atoms with van der Waals surface area (Å²) < 4.78 is 13.8. The summed E-state index contributed by atoms with van der Waals surface area (Å²) in [6.07, 6.45) is 5.39. The van der Waals surface area contributed by atoms with E-state index in [1.165, 1.54) is 0 Å². The van der Waals surface area contributed by atoms with Gasteiger partial charge in [0.05, 0.1) is 24.8 Å². The van der Waals surface area contributed by atoms with Crippen molar-refractivity contribution in [2.24, 2.45) is 0 Å². The lowest BCUT2D eigenvalue weighted by Gasteiger charge is -2.16. The Morgan fingerprint density at radius 1 is 1.19 bits per heavy atom. The second kappa shape index (κ2) is 9.90. The SMILES string of the molecule is C/C=C/c1ccc(OCCCn2c(C3CC(=O)N(CC)C3)nc3ccccc32)c(OC)c1. The third-order valence-corrected chi connectivity index (χ3v) is 5.98. The predicted molar refractivity (Wildman–Crippen MR) is 127 cm³/mol. The highest BCUT2D eigenvalue weighted by Crippen LogP contribution is 2.31. The zero-order chi connectivity index (χ0) is 22.5. The second-order valence-electron chi connectivity index (χ2n) is 8.06. The predicted octanol–water partition coefficient (Wildman–Crippen LogP) is 4.88. The summed E-state index contributed by atoms with van der Waals surface area (Å²) in [7, 11) is 1.66. The summed E-state index contributed by atoms with van der Waals surface area (Å²) in [4.78, 5) is 19.1. The molecule has 4 rings (SSSR count). The van der Waals surface area contributed by atoms with Crippen molar-refractivity contribution in [3.05, 3.63) is 59.9 Å². The maximum Gasteiger partial charge on any atom is 0.223 e. The van der Waals surface area contributed by atoms with Gasteiger partial charge in [-0.2, -0.15) is 0 Å². The van der Waals surface area contributed by atoms with Crippen molar-refractivity contribution >= 4 is 23.0 Å². The molecule has 1 saturated heterocycles. The second-order valence-corrected chi connectivity index (χ2v) is 8.06. The number of allylic oxidation sites excluding steroid dienone is 1. The zero-order valence-corrected chi connectivity index (χ0v) is 19.1. The van der Waals surface area contributed by atoms with Crippen LogP contribution in [0.15, 0.2) is 48.5 Å². The van der Waals surface area contributed by atoms with Crippen LogP contribution in [0, 0.1) is 0 Å². The first-order valence-corrected chi connectivity index (χ1v) is 11.3. The molecule has 2 aromatic carbocycles. The Bertz CT molecular complexity index is 1120. The van der Waals surface area contributed by atoms with Gasteiger partial charge in [0, 0.05) is 32.0 Å². The number of imidazole rings is 1. The van der Waals surface area contributed by atoms with Crippen molar-refractivity contribution in [2.45, 2.75) is 39.2 Å². The lowest BCUT2D eigenvalue weighted by molar-refractivity contribution is -0.127. The molecular weight excluding hydrogens is 402 g/mol. The number of ether oxygens (including phenoxy) is 2. The van der Waals surface area contributed by atoms with Gasteiger partial charge in [0.15, 0.2) is 11.5 Å². The van der Waals surface area contributed by atoms with Gasteiger partial charge in [-0.1, -0.05) is 30.4 Å². The molecule has 1 fully saturated rings. The molecule has 168 valence electrons. The number of aromatic nitrogens is 2. The maximum atomic E-state index is 12.3. The number of aryl methyl sites for hydroxylation is 1. The Kier molecular flexibility index (Phi) is 6.78. The number of benzene rings is 2. The number of hydrogen-bond donors (Lipinski definition) is 0. The first-order chi connectivity index (χ1) is 15.6. The molecule has 0 N–H and O–H groups in total. The number of fused-ring (bicyclic) bond motifs is 1. The van der Waals surface area contributed by atoms with E-state index < -0.39 is 0 Å². The topological polar surface area (TPSA) is 56.6 Å². The molecule has 0 bridgehead atoms. The van der Waals surface area contributed by atoms with Gasteiger partial charge >= 0.3 is 0 Å². The van der Waals surface area contributed by atoms with E-state index in [1.54, 1.807) is 7.11 Å².